The maximum absolute atomic E-state index is 5.30. The van der Waals surface area contributed by atoms with Gasteiger partial charge in [0.2, 0.25) is 0 Å². The Morgan fingerprint density at radius 2 is 2.20 bits per heavy atom. The molecule has 3 rings (SSSR count). The summed E-state index contributed by atoms with van der Waals surface area (Å²) < 4.78 is 6.47. The SMILES string of the molecule is COCC1CCN(c2ccc(Br)cc2CNC2CC2)C1. The van der Waals surface area contributed by atoms with Gasteiger partial charge in [-0.05, 0) is 43.0 Å². The van der Waals surface area contributed by atoms with Gasteiger partial charge in [0.25, 0.3) is 0 Å². The molecular formula is C16H23BrN2O. The first-order valence-electron chi connectivity index (χ1n) is 7.52. The van der Waals surface area contributed by atoms with Crippen LogP contribution in [0.1, 0.15) is 24.8 Å². The fourth-order valence-corrected chi connectivity index (χ4v) is 3.38. The minimum atomic E-state index is 0.674. The molecule has 1 aliphatic heterocycles. The lowest BCUT2D eigenvalue weighted by molar-refractivity contribution is 0.161. The predicted octanol–water partition coefficient (Wildman–Crippen LogP) is 3.17. The van der Waals surface area contributed by atoms with Crippen molar-refractivity contribution in [3.63, 3.8) is 0 Å². The van der Waals surface area contributed by atoms with E-state index in [1.165, 1.54) is 35.0 Å². The fourth-order valence-electron chi connectivity index (χ4n) is 2.97. The van der Waals surface area contributed by atoms with Crippen molar-refractivity contribution in [1.29, 1.82) is 0 Å². The van der Waals surface area contributed by atoms with Gasteiger partial charge < -0.3 is 15.0 Å². The van der Waals surface area contributed by atoms with Crippen molar-refractivity contribution in [2.45, 2.75) is 31.8 Å². The van der Waals surface area contributed by atoms with Crippen molar-refractivity contribution < 1.29 is 4.74 Å². The molecule has 1 saturated carbocycles. The molecule has 2 fully saturated rings. The van der Waals surface area contributed by atoms with Crippen LogP contribution in [0.3, 0.4) is 0 Å². The van der Waals surface area contributed by atoms with E-state index in [9.17, 15) is 0 Å². The minimum absolute atomic E-state index is 0.674. The molecule has 1 unspecified atom stereocenters. The number of anilines is 1. The average Bonchev–Trinajstić information content (AvgIpc) is 3.16. The number of methoxy groups -OCH3 is 1. The second-order valence-corrected chi connectivity index (χ2v) is 6.90. The fraction of sp³-hybridized carbons (Fsp3) is 0.625. The van der Waals surface area contributed by atoms with Crippen molar-refractivity contribution in [2.24, 2.45) is 5.92 Å². The number of benzene rings is 1. The Labute approximate surface area is 129 Å². The summed E-state index contributed by atoms with van der Waals surface area (Å²) in [6.07, 6.45) is 3.91. The highest BCUT2D eigenvalue weighted by atomic mass is 79.9. The van der Waals surface area contributed by atoms with Gasteiger partial charge in [0, 0.05) is 48.9 Å². The summed E-state index contributed by atoms with van der Waals surface area (Å²) in [7, 11) is 1.80. The maximum atomic E-state index is 5.30. The zero-order chi connectivity index (χ0) is 13.9. The number of nitrogens with one attached hydrogen (secondary N) is 1. The second-order valence-electron chi connectivity index (χ2n) is 5.98. The van der Waals surface area contributed by atoms with Gasteiger partial charge in [-0.15, -0.1) is 0 Å². The maximum Gasteiger partial charge on any atom is 0.0508 e. The molecule has 3 nitrogen and oxygen atoms in total. The number of nitrogens with zero attached hydrogens (tertiary/aromatic N) is 1. The van der Waals surface area contributed by atoms with Crippen LogP contribution >= 0.6 is 15.9 Å². The Balaban J connectivity index is 1.70. The topological polar surface area (TPSA) is 24.5 Å². The van der Waals surface area contributed by atoms with Crippen molar-refractivity contribution in [3.05, 3.63) is 28.2 Å². The number of rotatable bonds is 6. The molecule has 1 aromatic carbocycles. The van der Waals surface area contributed by atoms with Gasteiger partial charge in [-0.1, -0.05) is 15.9 Å². The van der Waals surface area contributed by atoms with Crippen LogP contribution in [0.25, 0.3) is 0 Å². The molecule has 20 heavy (non-hydrogen) atoms. The Hall–Kier alpha value is -0.580. The largest absolute Gasteiger partial charge is 0.384 e. The van der Waals surface area contributed by atoms with E-state index < -0.39 is 0 Å². The van der Waals surface area contributed by atoms with E-state index in [0.717, 1.165) is 32.3 Å². The molecule has 1 aromatic rings. The third kappa shape index (κ3) is 3.54. The summed E-state index contributed by atoms with van der Waals surface area (Å²) in [6, 6.07) is 7.42. The molecule has 110 valence electrons. The van der Waals surface area contributed by atoms with Crippen molar-refractivity contribution in [1.82, 2.24) is 5.32 Å². The van der Waals surface area contributed by atoms with E-state index in [1.54, 1.807) is 7.11 Å². The summed E-state index contributed by atoms with van der Waals surface area (Å²) in [5.74, 6) is 0.674. The van der Waals surface area contributed by atoms with Crippen molar-refractivity contribution in [3.8, 4) is 0 Å². The zero-order valence-electron chi connectivity index (χ0n) is 12.1. The van der Waals surface area contributed by atoms with Gasteiger partial charge in [0.05, 0.1) is 6.61 Å². The van der Waals surface area contributed by atoms with Gasteiger partial charge in [-0.2, -0.15) is 0 Å². The van der Waals surface area contributed by atoms with Crippen LogP contribution in [0, 0.1) is 5.92 Å². The molecule has 1 aliphatic carbocycles. The lowest BCUT2D eigenvalue weighted by atomic mass is 10.1. The molecule has 1 N–H and O–H groups in total. The van der Waals surface area contributed by atoms with E-state index in [1.807, 2.05) is 0 Å². The van der Waals surface area contributed by atoms with Crippen molar-refractivity contribution in [2.75, 3.05) is 31.7 Å². The van der Waals surface area contributed by atoms with Gasteiger partial charge in [0.15, 0.2) is 0 Å². The van der Waals surface area contributed by atoms with Gasteiger partial charge in [-0.25, -0.2) is 0 Å². The molecule has 0 amide bonds. The van der Waals surface area contributed by atoms with Gasteiger partial charge in [-0.3, -0.25) is 0 Å². The summed E-state index contributed by atoms with van der Waals surface area (Å²) in [5, 5.41) is 3.63. The quantitative estimate of drug-likeness (QED) is 0.862. The first kappa shape index (κ1) is 14.4. The minimum Gasteiger partial charge on any atom is -0.384 e. The Morgan fingerprint density at radius 3 is 2.95 bits per heavy atom. The summed E-state index contributed by atoms with van der Waals surface area (Å²) in [4.78, 5) is 2.51. The third-order valence-corrected chi connectivity index (χ3v) is 4.72. The Morgan fingerprint density at radius 1 is 1.35 bits per heavy atom. The highest BCUT2D eigenvalue weighted by Gasteiger charge is 2.25. The van der Waals surface area contributed by atoms with E-state index in [4.69, 9.17) is 4.74 Å². The van der Waals surface area contributed by atoms with Crippen LogP contribution in [0.2, 0.25) is 0 Å². The predicted molar refractivity (Wildman–Crippen MR) is 86.2 cm³/mol. The molecule has 0 aromatic heterocycles. The third-order valence-electron chi connectivity index (χ3n) is 4.23. The summed E-state index contributed by atoms with van der Waals surface area (Å²) in [5.41, 5.74) is 2.80. The molecule has 4 heteroatoms. The lowest BCUT2D eigenvalue weighted by Crippen LogP contribution is -2.24. The molecule has 1 atom stereocenters. The first-order valence-corrected chi connectivity index (χ1v) is 8.31. The van der Waals surface area contributed by atoms with Crippen LogP contribution in [-0.2, 0) is 11.3 Å². The molecule has 2 aliphatic rings. The van der Waals surface area contributed by atoms with Gasteiger partial charge >= 0.3 is 0 Å². The summed E-state index contributed by atoms with van der Waals surface area (Å²) in [6.45, 7) is 4.12. The van der Waals surface area contributed by atoms with Crippen LogP contribution in [0.5, 0.6) is 0 Å². The van der Waals surface area contributed by atoms with Crippen molar-refractivity contribution >= 4 is 21.6 Å². The molecule has 0 radical (unpaired) electrons. The first-order chi connectivity index (χ1) is 9.76. The molecular weight excluding hydrogens is 316 g/mol. The number of hydrogen-bond acceptors (Lipinski definition) is 3. The summed E-state index contributed by atoms with van der Waals surface area (Å²) >= 11 is 3.60. The molecule has 1 heterocycles. The van der Waals surface area contributed by atoms with Gasteiger partial charge in [0.1, 0.15) is 0 Å². The number of hydrogen-bond donors (Lipinski definition) is 1. The Kier molecular flexibility index (Phi) is 4.64. The van der Waals surface area contributed by atoms with Crippen LogP contribution < -0.4 is 10.2 Å². The molecule has 1 saturated heterocycles. The molecule has 0 bridgehead atoms. The van der Waals surface area contributed by atoms with E-state index in [-0.39, 0.29) is 0 Å². The second kappa shape index (κ2) is 6.46. The lowest BCUT2D eigenvalue weighted by Gasteiger charge is -2.23. The number of ether oxygens (including phenoxy) is 1. The highest BCUT2D eigenvalue weighted by Crippen LogP contribution is 2.30. The van der Waals surface area contributed by atoms with E-state index >= 15 is 0 Å². The monoisotopic (exact) mass is 338 g/mol. The molecule has 0 spiro atoms. The smallest absolute Gasteiger partial charge is 0.0508 e. The van der Waals surface area contributed by atoms with E-state index in [0.29, 0.717) is 5.92 Å². The van der Waals surface area contributed by atoms with Crippen LogP contribution in [-0.4, -0.2) is 32.8 Å². The normalized spacial score (nSPS) is 22.5. The standard InChI is InChI=1S/C16H23BrN2O/c1-20-11-12-6-7-19(10-12)16-5-2-14(17)8-13(16)9-18-15-3-4-15/h2,5,8,12,15,18H,3-4,6-7,9-11H2,1H3. The van der Waals surface area contributed by atoms with Crippen LogP contribution in [0.4, 0.5) is 5.69 Å². The average molecular weight is 339 g/mol. The Bertz CT molecular complexity index is 462. The number of halogens is 1. The highest BCUT2D eigenvalue weighted by molar-refractivity contribution is 9.10. The zero-order valence-corrected chi connectivity index (χ0v) is 13.7. The van der Waals surface area contributed by atoms with E-state index in [2.05, 4.69) is 44.3 Å². The van der Waals surface area contributed by atoms with Crippen LogP contribution in [0.15, 0.2) is 22.7 Å².